The number of halogens is 1. The Morgan fingerprint density at radius 3 is 2.47 bits per heavy atom. The van der Waals surface area contributed by atoms with Gasteiger partial charge in [-0.2, -0.15) is 0 Å². The molecule has 1 aromatic carbocycles. The largest absolute Gasteiger partial charge is 0.368 e. The molecule has 0 radical (unpaired) electrons. The molecule has 2 aliphatic rings. The van der Waals surface area contributed by atoms with Crippen molar-refractivity contribution in [3.8, 4) is 0 Å². The first-order chi connectivity index (χ1) is 14.4. The number of nitrogens with two attached hydrogens (primary N) is 1. The number of benzene rings is 1. The quantitative estimate of drug-likeness (QED) is 0.492. The molecule has 2 saturated carbocycles. The van der Waals surface area contributed by atoms with E-state index in [4.69, 9.17) is 17.3 Å². The number of allylic oxidation sites excluding steroid dienone is 1. The molecule has 0 bridgehead atoms. The van der Waals surface area contributed by atoms with E-state index >= 15 is 0 Å². The molecule has 3 nitrogen and oxygen atoms in total. The lowest BCUT2D eigenvalue weighted by atomic mass is 9.71. The molecule has 3 rings (SSSR count). The molecule has 0 unspecified atom stereocenters. The SMILES string of the molecule is C=CN(C)/C=C(\C)C(=C)N(CC1CC(Cc2ccccc2Cl)C1)C1CCC(N)CC1. The first-order valence-corrected chi connectivity index (χ1v) is 11.7. The van der Waals surface area contributed by atoms with E-state index < -0.39 is 0 Å². The van der Waals surface area contributed by atoms with Crippen LogP contribution in [0.15, 0.2) is 61.1 Å². The van der Waals surface area contributed by atoms with Crippen molar-refractivity contribution in [1.29, 1.82) is 0 Å². The highest BCUT2D eigenvalue weighted by molar-refractivity contribution is 6.31. The van der Waals surface area contributed by atoms with Crippen LogP contribution in [0.4, 0.5) is 0 Å². The molecular weight excluding hydrogens is 390 g/mol. The Bertz CT molecular complexity index is 757. The zero-order chi connectivity index (χ0) is 21.7. The van der Waals surface area contributed by atoms with Crippen molar-refractivity contribution in [3.63, 3.8) is 0 Å². The van der Waals surface area contributed by atoms with E-state index in [-0.39, 0.29) is 0 Å². The average Bonchev–Trinajstić information content (AvgIpc) is 2.71. The maximum atomic E-state index is 6.37. The number of hydrogen-bond donors (Lipinski definition) is 1. The van der Waals surface area contributed by atoms with Gasteiger partial charge in [0.2, 0.25) is 0 Å². The summed E-state index contributed by atoms with van der Waals surface area (Å²) < 4.78 is 0. The minimum atomic E-state index is 0.364. The van der Waals surface area contributed by atoms with Crippen molar-refractivity contribution >= 4 is 11.6 Å². The fraction of sp³-hybridized carbons (Fsp3) is 0.538. The predicted octanol–water partition coefficient (Wildman–Crippen LogP) is 5.97. The van der Waals surface area contributed by atoms with Crippen LogP contribution in [0.5, 0.6) is 0 Å². The van der Waals surface area contributed by atoms with E-state index in [2.05, 4.69) is 43.3 Å². The summed E-state index contributed by atoms with van der Waals surface area (Å²) >= 11 is 6.37. The fourth-order valence-corrected chi connectivity index (χ4v) is 5.21. The molecule has 30 heavy (non-hydrogen) atoms. The predicted molar refractivity (Wildman–Crippen MR) is 129 cm³/mol. The second-order valence-corrected chi connectivity index (χ2v) is 9.73. The molecule has 2 fully saturated rings. The topological polar surface area (TPSA) is 32.5 Å². The first-order valence-electron chi connectivity index (χ1n) is 11.3. The van der Waals surface area contributed by atoms with Crippen LogP contribution in [0.3, 0.4) is 0 Å². The summed E-state index contributed by atoms with van der Waals surface area (Å²) in [5.74, 6) is 1.48. The molecule has 0 aliphatic heterocycles. The van der Waals surface area contributed by atoms with Crippen LogP contribution in [0.2, 0.25) is 5.02 Å². The van der Waals surface area contributed by atoms with Crippen molar-refractivity contribution in [2.45, 2.75) is 64.0 Å². The summed E-state index contributed by atoms with van der Waals surface area (Å²) in [6.07, 6.45) is 12.2. The van der Waals surface area contributed by atoms with Gasteiger partial charge in [-0.3, -0.25) is 0 Å². The van der Waals surface area contributed by atoms with Gasteiger partial charge < -0.3 is 15.5 Å². The number of hydrogen-bond acceptors (Lipinski definition) is 3. The summed E-state index contributed by atoms with van der Waals surface area (Å²) in [6, 6.07) is 9.18. The lowest BCUT2D eigenvalue weighted by Gasteiger charge is -2.45. The standard InChI is InChI=1S/C26H38ClN3/c1-5-29(4)17-19(2)20(3)30(25-12-10-24(28)11-13-25)18-22-14-21(15-22)16-23-8-6-7-9-26(23)27/h5-9,17,21-22,24-25H,1,3,10-16,18,28H2,2,4H3/b19-17+. The van der Waals surface area contributed by atoms with Crippen LogP contribution < -0.4 is 5.73 Å². The Hall–Kier alpha value is -1.71. The van der Waals surface area contributed by atoms with Crippen molar-refractivity contribution in [2.24, 2.45) is 17.6 Å². The Balaban J connectivity index is 1.62. The number of rotatable bonds is 9. The minimum absolute atomic E-state index is 0.364. The van der Waals surface area contributed by atoms with Gasteiger partial charge in [0, 0.05) is 42.6 Å². The molecule has 0 amide bonds. The van der Waals surface area contributed by atoms with Crippen LogP contribution >= 0.6 is 11.6 Å². The third-order valence-corrected chi connectivity index (χ3v) is 7.29. The molecule has 0 aromatic heterocycles. The van der Waals surface area contributed by atoms with Gasteiger partial charge in [0.25, 0.3) is 0 Å². The Morgan fingerprint density at radius 2 is 1.83 bits per heavy atom. The second-order valence-electron chi connectivity index (χ2n) is 9.33. The third kappa shape index (κ3) is 5.92. The molecule has 2 aliphatic carbocycles. The normalized spacial score (nSPS) is 26.6. The molecule has 0 atom stereocenters. The summed E-state index contributed by atoms with van der Waals surface area (Å²) in [7, 11) is 2.01. The molecule has 4 heteroatoms. The van der Waals surface area contributed by atoms with Gasteiger partial charge in [0.1, 0.15) is 0 Å². The molecule has 0 saturated heterocycles. The van der Waals surface area contributed by atoms with Gasteiger partial charge in [-0.15, -0.1) is 0 Å². The Labute approximate surface area is 188 Å². The maximum absolute atomic E-state index is 6.37. The number of nitrogens with zero attached hydrogens (tertiary/aromatic N) is 2. The average molecular weight is 428 g/mol. The molecule has 1 aromatic rings. The van der Waals surface area contributed by atoms with Gasteiger partial charge in [-0.25, -0.2) is 0 Å². The van der Waals surface area contributed by atoms with E-state index in [0.29, 0.717) is 12.1 Å². The van der Waals surface area contributed by atoms with Gasteiger partial charge in [-0.1, -0.05) is 43.0 Å². The molecular formula is C26H38ClN3. The van der Waals surface area contributed by atoms with Crippen molar-refractivity contribution < 1.29 is 0 Å². The van der Waals surface area contributed by atoms with E-state index in [1.54, 1.807) is 0 Å². The monoisotopic (exact) mass is 427 g/mol. The smallest absolute Gasteiger partial charge is 0.0438 e. The highest BCUT2D eigenvalue weighted by Crippen LogP contribution is 2.39. The Kier molecular flexibility index (Phi) is 8.07. The first kappa shape index (κ1) is 23.0. The van der Waals surface area contributed by atoms with E-state index in [0.717, 1.165) is 48.4 Å². The zero-order valence-electron chi connectivity index (χ0n) is 18.7. The van der Waals surface area contributed by atoms with Gasteiger partial charge >= 0.3 is 0 Å². The van der Waals surface area contributed by atoms with Crippen LogP contribution in [-0.4, -0.2) is 35.5 Å². The molecule has 0 heterocycles. The van der Waals surface area contributed by atoms with Crippen LogP contribution in [-0.2, 0) is 6.42 Å². The summed E-state index contributed by atoms with van der Waals surface area (Å²) in [6.45, 7) is 11.6. The van der Waals surface area contributed by atoms with Gasteiger partial charge in [0.15, 0.2) is 0 Å². The lowest BCUT2D eigenvalue weighted by Crippen LogP contribution is -2.45. The minimum Gasteiger partial charge on any atom is -0.368 e. The molecule has 0 spiro atoms. The molecule has 164 valence electrons. The zero-order valence-corrected chi connectivity index (χ0v) is 19.5. The van der Waals surface area contributed by atoms with Crippen LogP contribution in [0, 0.1) is 11.8 Å². The van der Waals surface area contributed by atoms with Crippen molar-refractivity contribution in [2.75, 3.05) is 13.6 Å². The van der Waals surface area contributed by atoms with Gasteiger partial charge in [0.05, 0.1) is 0 Å². The van der Waals surface area contributed by atoms with Crippen molar-refractivity contribution in [3.05, 3.63) is 71.7 Å². The highest BCUT2D eigenvalue weighted by Gasteiger charge is 2.34. The summed E-state index contributed by atoms with van der Waals surface area (Å²) in [4.78, 5) is 4.59. The van der Waals surface area contributed by atoms with E-state index in [1.165, 1.54) is 36.8 Å². The second kappa shape index (κ2) is 10.5. The molecule has 2 N–H and O–H groups in total. The fourth-order valence-electron chi connectivity index (χ4n) is 4.99. The Morgan fingerprint density at radius 1 is 1.17 bits per heavy atom. The summed E-state index contributed by atoms with van der Waals surface area (Å²) in [5, 5.41) is 0.904. The van der Waals surface area contributed by atoms with E-state index in [9.17, 15) is 0 Å². The van der Waals surface area contributed by atoms with Gasteiger partial charge in [-0.05, 0) is 87.1 Å². The van der Waals surface area contributed by atoms with E-state index in [1.807, 2.05) is 30.3 Å². The summed E-state index contributed by atoms with van der Waals surface area (Å²) in [5.41, 5.74) is 9.83. The third-order valence-electron chi connectivity index (χ3n) is 6.92. The van der Waals surface area contributed by atoms with Crippen molar-refractivity contribution in [1.82, 2.24) is 9.80 Å². The lowest BCUT2D eigenvalue weighted by molar-refractivity contribution is 0.105. The van der Waals surface area contributed by atoms with Crippen LogP contribution in [0.25, 0.3) is 0 Å². The highest BCUT2D eigenvalue weighted by atomic mass is 35.5. The maximum Gasteiger partial charge on any atom is 0.0438 e. The van der Waals surface area contributed by atoms with Crippen LogP contribution in [0.1, 0.15) is 51.0 Å².